The maximum Gasteiger partial charge on any atom is 0.150 e. The predicted molar refractivity (Wildman–Crippen MR) is 58.5 cm³/mol. The Morgan fingerprint density at radius 2 is 1.80 bits per heavy atom. The quantitative estimate of drug-likeness (QED) is 0.675. The molecule has 4 saturated heterocycles. The summed E-state index contributed by atoms with van der Waals surface area (Å²) in [5.41, 5.74) is -0.0812. The molecule has 4 aliphatic heterocycles. The van der Waals surface area contributed by atoms with Crippen LogP contribution >= 0.6 is 0 Å². The fraction of sp³-hybridized carbons (Fsp3) is 0.917. The average Bonchev–Trinajstić information content (AvgIpc) is 2.13. The van der Waals surface area contributed by atoms with E-state index in [-0.39, 0.29) is 10.8 Å². The monoisotopic (exact) mass is 208 g/mol. The Bertz CT molecular complexity index is 299. The van der Waals surface area contributed by atoms with Crippen molar-refractivity contribution in [3.8, 4) is 0 Å². The van der Waals surface area contributed by atoms with Gasteiger partial charge < -0.3 is 0 Å². The fourth-order valence-corrected chi connectivity index (χ4v) is 4.22. The SMILES string of the molecule is CCCC12CN3CN(CC(C)(C3)C1=O)C2. The number of rotatable bonds is 2. The first kappa shape index (κ1) is 9.79. The van der Waals surface area contributed by atoms with Crippen molar-refractivity contribution in [3.63, 3.8) is 0 Å². The number of carbonyl (C=O) groups excluding carboxylic acids is 1. The van der Waals surface area contributed by atoms with Gasteiger partial charge in [0.05, 0.1) is 17.5 Å². The lowest BCUT2D eigenvalue weighted by atomic mass is 9.60. The highest BCUT2D eigenvalue weighted by molar-refractivity contribution is 5.93. The molecule has 4 aliphatic rings. The molecular formula is C12H20N2O. The third-order valence-electron chi connectivity index (χ3n) is 4.36. The Morgan fingerprint density at radius 1 is 1.20 bits per heavy atom. The summed E-state index contributed by atoms with van der Waals surface area (Å²) in [4.78, 5) is 17.5. The molecule has 0 aromatic heterocycles. The number of Topliss-reactive ketones (excluding diaryl/α,β-unsaturated/α-hetero) is 1. The molecule has 0 saturated carbocycles. The zero-order valence-corrected chi connectivity index (χ0v) is 9.75. The van der Waals surface area contributed by atoms with Crippen molar-refractivity contribution >= 4 is 5.78 Å². The number of hydrogen-bond acceptors (Lipinski definition) is 3. The first-order valence-electron chi connectivity index (χ1n) is 6.08. The third-order valence-corrected chi connectivity index (χ3v) is 4.36. The number of nitrogens with zero attached hydrogens (tertiary/aromatic N) is 2. The van der Waals surface area contributed by atoms with E-state index < -0.39 is 0 Å². The highest BCUT2D eigenvalue weighted by Gasteiger charge is 2.60. The zero-order valence-electron chi connectivity index (χ0n) is 9.75. The molecule has 3 heteroatoms. The molecule has 0 aromatic rings. The van der Waals surface area contributed by atoms with Crippen LogP contribution in [-0.2, 0) is 4.79 Å². The van der Waals surface area contributed by atoms with Crippen molar-refractivity contribution in [2.24, 2.45) is 10.8 Å². The Balaban J connectivity index is 1.99. The van der Waals surface area contributed by atoms with Crippen LogP contribution in [0.25, 0.3) is 0 Å². The molecule has 2 unspecified atom stereocenters. The van der Waals surface area contributed by atoms with Crippen LogP contribution in [0.4, 0.5) is 0 Å². The van der Waals surface area contributed by atoms with Crippen LogP contribution in [0.1, 0.15) is 26.7 Å². The van der Waals surface area contributed by atoms with Crippen LogP contribution in [-0.4, -0.2) is 48.4 Å². The molecule has 4 heterocycles. The van der Waals surface area contributed by atoms with Crippen molar-refractivity contribution < 1.29 is 4.79 Å². The van der Waals surface area contributed by atoms with E-state index in [4.69, 9.17) is 0 Å². The summed E-state index contributed by atoms with van der Waals surface area (Å²) >= 11 is 0. The summed E-state index contributed by atoms with van der Waals surface area (Å²) in [5.74, 6) is 0.559. The summed E-state index contributed by atoms with van der Waals surface area (Å²) in [6.45, 7) is 9.48. The van der Waals surface area contributed by atoms with E-state index in [1.54, 1.807) is 0 Å². The van der Waals surface area contributed by atoms with E-state index in [2.05, 4.69) is 23.6 Å². The Hall–Kier alpha value is -0.410. The predicted octanol–water partition coefficient (Wildman–Crippen LogP) is 0.951. The van der Waals surface area contributed by atoms with Gasteiger partial charge in [-0.25, -0.2) is 0 Å². The van der Waals surface area contributed by atoms with Crippen LogP contribution < -0.4 is 0 Å². The molecule has 0 amide bonds. The summed E-state index contributed by atoms with van der Waals surface area (Å²) in [5, 5.41) is 0. The van der Waals surface area contributed by atoms with Crippen molar-refractivity contribution in [3.05, 3.63) is 0 Å². The molecule has 0 radical (unpaired) electrons. The van der Waals surface area contributed by atoms with Gasteiger partial charge in [-0.3, -0.25) is 14.6 Å². The van der Waals surface area contributed by atoms with Crippen LogP contribution in [0.5, 0.6) is 0 Å². The lowest BCUT2D eigenvalue weighted by Crippen LogP contribution is -2.75. The normalized spacial score (nSPS) is 52.5. The molecule has 0 N–H and O–H groups in total. The molecule has 2 atom stereocenters. The first-order chi connectivity index (χ1) is 7.08. The fourth-order valence-electron chi connectivity index (χ4n) is 4.22. The smallest absolute Gasteiger partial charge is 0.150 e. The van der Waals surface area contributed by atoms with Crippen LogP contribution in [0.3, 0.4) is 0 Å². The lowest BCUT2D eigenvalue weighted by Gasteiger charge is -2.62. The van der Waals surface area contributed by atoms with Gasteiger partial charge in [0.25, 0.3) is 0 Å². The van der Waals surface area contributed by atoms with Gasteiger partial charge in [-0.05, 0) is 6.42 Å². The molecule has 4 fully saturated rings. The highest BCUT2D eigenvalue weighted by atomic mass is 16.1. The summed E-state index contributed by atoms with van der Waals surface area (Å²) in [7, 11) is 0. The van der Waals surface area contributed by atoms with Gasteiger partial charge in [-0.15, -0.1) is 0 Å². The number of carbonyl (C=O) groups is 1. The topological polar surface area (TPSA) is 23.6 Å². The number of ketones is 1. The van der Waals surface area contributed by atoms with Crippen LogP contribution in [0.2, 0.25) is 0 Å². The molecule has 84 valence electrons. The van der Waals surface area contributed by atoms with Crippen LogP contribution in [0.15, 0.2) is 0 Å². The lowest BCUT2D eigenvalue weighted by molar-refractivity contribution is -0.181. The molecule has 0 spiro atoms. The van der Waals surface area contributed by atoms with Gasteiger partial charge in [0.15, 0.2) is 0 Å². The zero-order chi connectivity index (χ0) is 10.7. The average molecular weight is 208 g/mol. The van der Waals surface area contributed by atoms with E-state index >= 15 is 0 Å². The summed E-state index contributed by atoms with van der Waals surface area (Å²) in [6, 6.07) is 0. The van der Waals surface area contributed by atoms with Crippen molar-refractivity contribution in [1.29, 1.82) is 0 Å². The van der Waals surface area contributed by atoms with Gasteiger partial charge in [-0.1, -0.05) is 20.3 Å². The molecular weight excluding hydrogens is 188 g/mol. The van der Waals surface area contributed by atoms with Crippen molar-refractivity contribution in [2.75, 3.05) is 32.8 Å². The molecule has 4 rings (SSSR count). The minimum atomic E-state index is -0.0656. The van der Waals surface area contributed by atoms with Gasteiger partial charge >= 0.3 is 0 Å². The maximum absolute atomic E-state index is 12.6. The van der Waals surface area contributed by atoms with Crippen molar-refractivity contribution in [2.45, 2.75) is 26.7 Å². The minimum Gasteiger partial charge on any atom is -0.298 e. The molecule has 3 nitrogen and oxygen atoms in total. The van der Waals surface area contributed by atoms with Gasteiger partial charge in [0, 0.05) is 26.2 Å². The second-order valence-corrected chi connectivity index (χ2v) is 6.04. The molecule has 0 aromatic carbocycles. The van der Waals surface area contributed by atoms with Crippen LogP contribution in [0, 0.1) is 10.8 Å². The highest BCUT2D eigenvalue weighted by Crippen LogP contribution is 2.48. The van der Waals surface area contributed by atoms with E-state index in [0.717, 1.165) is 45.7 Å². The number of piperidine rings is 2. The summed E-state index contributed by atoms with van der Waals surface area (Å²) < 4.78 is 0. The summed E-state index contributed by atoms with van der Waals surface area (Å²) in [6.07, 6.45) is 2.21. The van der Waals surface area contributed by atoms with E-state index in [1.807, 2.05) is 0 Å². The number of hydrogen-bond donors (Lipinski definition) is 0. The standard InChI is InChI=1S/C12H20N2O/c1-3-4-12-7-13-5-11(2,10(12)15)6-14(8-12)9-13/h3-9H2,1-2H3. The Labute approximate surface area is 91.4 Å². The third kappa shape index (κ3) is 1.16. The molecule has 15 heavy (non-hydrogen) atoms. The second-order valence-electron chi connectivity index (χ2n) is 6.04. The Kier molecular flexibility index (Phi) is 1.85. The first-order valence-corrected chi connectivity index (χ1v) is 6.08. The largest absolute Gasteiger partial charge is 0.298 e. The van der Waals surface area contributed by atoms with Gasteiger partial charge in [0.1, 0.15) is 5.78 Å². The van der Waals surface area contributed by atoms with Crippen molar-refractivity contribution in [1.82, 2.24) is 9.80 Å². The van der Waals surface area contributed by atoms with Gasteiger partial charge in [-0.2, -0.15) is 0 Å². The maximum atomic E-state index is 12.6. The second kappa shape index (κ2) is 2.83. The van der Waals surface area contributed by atoms with Gasteiger partial charge in [0.2, 0.25) is 0 Å². The Morgan fingerprint density at radius 3 is 2.33 bits per heavy atom. The minimum absolute atomic E-state index is 0.0156. The van der Waals surface area contributed by atoms with E-state index in [9.17, 15) is 4.79 Å². The van der Waals surface area contributed by atoms with E-state index in [0.29, 0.717) is 5.78 Å². The molecule has 0 aliphatic carbocycles. The molecule has 4 bridgehead atoms. The van der Waals surface area contributed by atoms with E-state index in [1.165, 1.54) is 0 Å².